The van der Waals surface area contributed by atoms with Crippen LogP contribution in [-0.4, -0.2) is 23.0 Å². The van der Waals surface area contributed by atoms with Gasteiger partial charge in [-0.1, -0.05) is 13.3 Å². The molecule has 164 valence electrons. The van der Waals surface area contributed by atoms with E-state index in [0.29, 0.717) is 24.0 Å². The number of amides is 1. The number of carbonyl (C=O) groups excluding carboxylic acids is 1. The SMILES string of the molecule is CCC[C@@H](NC(=O)Cc1c(C)c2cc3c4c(oc3c(C)c2oc1=O)CCCC4)C(=O)O. The van der Waals surface area contributed by atoms with Gasteiger partial charge in [-0.15, -0.1) is 0 Å². The molecule has 3 aromatic rings. The summed E-state index contributed by atoms with van der Waals surface area (Å²) in [6, 6.07) is 1.03. The van der Waals surface area contributed by atoms with E-state index in [4.69, 9.17) is 8.83 Å². The van der Waals surface area contributed by atoms with Gasteiger partial charge in [0.1, 0.15) is 23.0 Å². The third-order valence-corrected chi connectivity index (χ3v) is 6.27. The van der Waals surface area contributed by atoms with Crippen molar-refractivity contribution in [3.8, 4) is 0 Å². The van der Waals surface area contributed by atoms with Gasteiger partial charge in [0, 0.05) is 28.3 Å². The average molecular weight is 425 g/mol. The van der Waals surface area contributed by atoms with E-state index in [1.165, 1.54) is 5.56 Å². The molecule has 0 unspecified atom stereocenters. The molecule has 1 aromatic carbocycles. The number of hydrogen-bond acceptors (Lipinski definition) is 5. The number of benzene rings is 1. The molecule has 1 aliphatic carbocycles. The van der Waals surface area contributed by atoms with Crippen LogP contribution in [0.2, 0.25) is 0 Å². The van der Waals surface area contributed by atoms with E-state index < -0.39 is 23.5 Å². The maximum atomic E-state index is 12.7. The zero-order chi connectivity index (χ0) is 22.3. The standard InChI is InChI=1S/C24H27NO6/c1-4-7-18(23(27)28)25-20(26)11-16-12(2)15-10-17-14-8-5-6-9-19(14)30-22(17)13(3)21(15)31-24(16)29/h10,18H,4-9,11H2,1-3H3,(H,25,26)(H,27,28)/t18-/m1/s1. The highest BCUT2D eigenvalue weighted by Crippen LogP contribution is 2.37. The Morgan fingerprint density at radius 2 is 1.81 bits per heavy atom. The first-order valence-electron chi connectivity index (χ1n) is 10.8. The number of carboxylic acids is 1. The molecule has 1 amide bonds. The molecular formula is C24H27NO6. The molecule has 0 spiro atoms. The van der Waals surface area contributed by atoms with E-state index in [9.17, 15) is 19.5 Å². The zero-order valence-electron chi connectivity index (χ0n) is 18.1. The fourth-order valence-corrected chi connectivity index (χ4v) is 4.57. The molecule has 7 heteroatoms. The molecule has 0 aliphatic heterocycles. The number of carboxylic acid groups (broad SMARTS) is 1. The summed E-state index contributed by atoms with van der Waals surface area (Å²) in [6.07, 6.45) is 4.83. The van der Waals surface area contributed by atoms with E-state index in [-0.39, 0.29) is 12.0 Å². The minimum absolute atomic E-state index is 0.224. The molecule has 1 atom stereocenters. The number of nitrogens with one attached hydrogen (secondary N) is 1. The van der Waals surface area contributed by atoms with Crippen molar-refractivity contribution < 1.29 is 23.5 Å². The Hall–Kier alpha value is -3.09. The Bertz CT molecular complexity index is 1250. The van der Waals surface area contributed by atoms with Gasteiger partial charge in [0.2, 0.25) is 5.91 Å². The summed E-state index contributed by atoms with van der Waals surface area (Å²) in [6.45, 7) is 5.54. The Kier molecular flexibility index (Phi) is 5.60. The van der Waals surface area contributed by atoms with Crippen LogP contribution in [0.25, 0.3) is 21.9 Å². The molecule has 0 saturated heterocycles. The van der Waals surface area contributed by atoms with Gasteiger partial charge >= 0.3 is 11.6 Å². The molecule has 1 aliphatic rings. The van der Waals surface area contributed by atoms with Crippen LogP contribution in [0, 0.1) is 13.8 Å². The smallest absolute Gasteiger partial charge is 0.340 e. The molecule has 2 heterocycles. The van der Waals surface area contributed by atoms with Gasteiger partial charge in [-0.05, 0) is 51.2 Å². The number of aliphatic carboxylic acids is 1. The van der Waals surface area contributed by atoms with Crippen molar-refractivity contribution in [2.75, 3.05) is 0 Å². The van der Waals surface area contributed by atoms with Gasteiger partial charge in [0.15, 0.2) is 0 Å². The van der Waals surface area contributed by atoms with Crippen LogP contribution in [0.5, 0.6) is 0 Å². The molecule has 2 aromatic heterocycles. The summed E-state index contributed by atoms with van der Waals surface area (Å²) in [5.74, 6) is -0.579. The molecule has 2 N–H and O–H groups in total. The second kappa shape index (κ2) is 8.21. The minimum atomic E-state index is -1.08. The summed E-state index contributed by atoms with van der Waals surface area (Å²) in [7, 11) is 0. The Morgan fingerprint density at radius 3 is 2.52 bits per heavy atom. The summed E-state index contributed by atoms with van der Waals surface area (Å²) >= 11 is 0. The average Bonchev–Trinajstić information content (AvgIpc) is 3.11. The van der Waals surface area contributed by atoms with Crippen LogP contribution in [0.1, 0.15) is 60.6 Å². The van der Waals surface area contributed by atoms with E-state index in [0.717, 1.165) is 53.4 Å². The van der Waals surface area contributed by atoms with Crippen molar-refractivity contribution in [3.63, 3.8) is 0 Å². The Labute approximate surface area is 179 Å². The third kappa shape index (κ3) is 3.73. The quantitative estimate of drug-likeness (QED) is 0.579. The van der Waals surface area contributed by atoms with Crippen molar-refractivity contribution in [1.82, 2.24) is 5.32 Å². The van der Waals surface area contributed by atoms with Crippen LogP contribution in [0.4, 0.5) is 0 Å². The largest absolute Gasteiger partial charge is 0.480 e. The van der Waals surface area contributed by atoms with Crippen LogP contribution in [0.15, 0.2) is 19.7 Å². The van der Waals surface area contributed by atoms with Gasteiger partial charge in [-0.3, -0.25) is 4.79 Å². The number of hydrogen-bond donors (Lipinski definition) is 2. The fourth-order valence-electron chi connectivity index (χ4n) is 4.57. The highest BCUT2D eigenvalue weighted by atomic mass is 16.4. The lowest BCUT2D eigenvalue weighted by molar-refractivity contribution is -0.141. The lowest BCUT2D eigenvalue weighted by Crippen LogP contribution is -2.41. The van der Waals surface area contributed by atoms with Crippen molar-refractivity contribution in [3.05, 3.63) is 44.5 Å². The lowest BCUT2D eigenvalue weighted by Gasteiger charge is -2.14. The number of furan rings is 1. The van der Waals surface area contributed by atoms with Crippen LogP contribution >= 0.6 is 0 Å². The molecular weight excluding hydrogens is 398 g/mol. The van der Waals surface area contributed by atoms with Crippen molar-refractivity contribution in [2.24, 2.45) is 0 Å². The minimum Gasteiger partial charge on any atom is -0.480 e. The summed E-state index contributed by atoms with van der Waals surface area (Å²) < 4.78 is 11.7. The first kappa shape index (κ1) is 21.2. The zero-order valence-corrected chi connectivity index (χ0v) is 18.1. The molecule has 0 radical (unpaired) electrons. The van der Waals surface area contributed by atoms with Gasteiger partial charge in [-0.25, -0.2) is 9.59 Å². The van der Waals surface area contributed by atoms with Gasteiger partial charge in [0.25, 0.3) is 0 Å². The molecule has 31 heavy (non-hydrogen) atoms. The highest BCUT2D eigenvalue weighted by molar-refractivity contribution is 6.00. The summed E-state index contributed by atoms with van der Waals surface area (Å²) in [4.78, 5) is 36.6. The predicted molar refractivity (Wildman–Crippen MR) is 117 cm³/mol. The van der Waals surface area contributed by atoms with E-state index in [1.54, 1.807) is 6.92 Å². The van der Waals surface area contributed by atoms with Gasteiger partial charge in [0.05, 0.1) is 12.0 Å². The Balaban J connectivity index is 1.77. The van der Waals surface area contributed by atoms with Gasteiger partial charge in [-0.2, -0.15) is 0 Å². The first-order chi connectivity index (χ1) is 14.8. The van der Waals surface area contributed by atoms with Crippen molar-refractivity contribution in [2.45, 2.75) is 71.8 Å². The molecule has 0 saturated carbocycles. The third-order valence-electron chi connectivity index (χ3n) is 6.27. The number of carbonyl (C=O) groups is 2. The number of fused-ring (bicyclic) bond motifs is 4. The monoisotopic (exact) mass is 425 g/mol. The topological polar surface area (TPSA) is 110 Å². The van der Waals surface area contributed by atoms with Crippen molar-refractivity contribution in [1.29, 1.82) is 0 Å². The molecule has 4 rings (SSSR count). The van der Waals surface area contributed by atoms with Gasteiger partial charge < -0.3 is 19.3 Å². The number of aryl methyl sites for hydroxylation is 4. The number of rotatable bonds is 6. The maximum Gasteiger partial charge on any atom is 0.340 e. The van der Waals surface area contributed by atoms with E-state index in [2.05, 4.69) is 5.32 Å². The highest BCUT2D eigenvalue weighted by Gasteiger charge is 2.24. The predicted octanol–water partition coefficient (Wildman–Crippen LogP) is 3.95. The normalized spacial score (nSPS) is 14.5. The van der Waals surface area contributed by atoms with E-state index >= 15 is 0 Å². The summed E-state index contributed by atoms with van der Waals surface area (Å²) in [5, 5.41) is 13.6. The second-order valence-electron chi connectivity index (χ2n) is 8.38. The summed E-state index contributed by atoms with van der Waals surface area (Å²) in [5.41, 5.74) is 3.59. The molecule has 7 nitrogen and oxygen atoms in total. The van der Waals surface area contributed by atoms with Crippen LogP contribution in [0.3, 0.4) is 0 Å². The Morgan fingerprint density at radius 1 is 1.10 bits per heavy atom. The fraction of sp³-hybridized carbons (Fsp3) is 0.458. The van der Waals surface area contributed by atoms with E-state index in [1.807, 2.05) is 19.9 Å². The van der Waals surface area contributed by atoms with Crippen molar-refractivity contribution >= 4 is 33.8 Å². The molecule has 0 fully saturated rings. The molecule has 0 bridgehead atoms. The van der Waals surface area contributed by atoms with Crippen LogP contribution in [-0.2, 0) is 28.9 Å². The maximum absolute atomic E-state index is 12.7. The van der Waals surface area contributed by atoms with Crippen LogP contribution < -0.4 is 10.9 Å². The lowest BCUT2D eigenvalue weighted by atomic mass is 9.93. The second-order valence-corrected chi connectivity index (χ2v) is 8.38. The first-order valence-corrected chi connectivity index (χ1v) is 10.8.